The third kappa shape index (κ3) is 3.18. The number of nitrogens with zero attached hydrogens (tertiary/aromatic N) is 2. The van der Waals surface area contributed by atoms with Gasteiger partial charge in [0.05, 0.1) is 5.60 Å². The monoisotopic (exact) mass is 337 g/mol. The summed E-state index contributed by atoms with van der Waals surface area (Å²) in [6.45, 7) is 7.58. The molecule has 136 valence electrons. The molecule has 3 unspecified atom stereocenters. The maximum atomic E-state index is 12.3. The first-order valence-electron chi connectivity index (χ1n) is 9.33. The van der Waals surface area contributed by atoms with Crippen LogP contribution >= 0.6 is 0 Å². The summed E-state index contributed by atoms with van der Waals surface area (Å²) in [5.41, 5.74) is -1.39. The molecule has 2 aliphatic heterocycles. The van der Waals surface area contributed by atoms with Gasteiger partial charge in [0, 0.05) is 25.0 Å². The lowest BCUT2D eigenvalue weighted by atomic mass is 9.72. The second-order valence-corrected chi connectivity index (χ2v) is 8.47. The Morgan fingerprint density at radius 3 is 2.50 bits per heavy atom. The molecule has 3 aliphatic rings. The highest BCUT2D eigenvalue weighted by Crippen LogP contribution is 2.40. The van der Waals surface area contributed by atoms with Gasteiger partial charge in [0.25, 0.3) is 5.91 Å². The number of aliphatic hydroxyl groups is 1. The van der Waals surface area contributed by atoms with Gasteiger partial charge in [-0.05, 0) is 53.0 Å². The summed E-state index contributed by atoms with van der Waals surface area (Å²) in [5.74, 6) is 0.154. The number of carbonyl (C=O) groups excluding carboxylic acids is 2. The predicted octanol–water partition coefficient (Wildman–Crippen LogP) is 1.72. The Morgan fingerprint density at radius 1 is 1.12 bits per heavy atom. The van der Waals surface area contributed by atoms with E-state index in [2.05, 4.69) is 10.2 Å². The summed E-state index contributed by atoms with van der Waals surface area (Å²) in [4.78, 5) is 28.1. The van der Waals surface area contributed by atoms with Crippen LogP contribution in [0.1, 0.15) is 59.3 Å². The molecule has 0 aromatic heterocycles. The molecular weight excluding hydrogens is 306 g/mol. The lowest BCUT2D eigenvalue weighted by molar-refractivity contribution is -0.130. The molecule has 0 radical (unpaired) electrons. The highest BCUT2D eigenvalue weighted by Gasteiger charge is 2.46. The Kier molecular flexibility index (Phi) is 4.64. The highest BCUT2D eigenvalue weighted by atomic mass is 16.3. The van der Waals surface area contributed by atoms with Crippen LogP contribution in [0.2, 0.25) is 0 Å². The molecule has 6 nitrogen and oxygen atoms in total. The van der Waals surface area contributed by atoms with E-state index in [0.717, 1.165) is 38.6 Å². The number of likely N-dealkylation sites (tertiary alicyclic amines) is 1. The van der Waals surface area contributed by atoms with Crippen LogP contribution in [0.5, 0.6) is 0 Å². The van der Waals surface area contributed by atoms with Crippen molar-refractivity contribution < 1.29 is 14.7 Å². The number of carbonyl (C=O) groups is 2. The minimum atomic E-state index is -0.797. The molecule has 24 heavy (non-hydrogen) atoms. The van der Waals surface area contributed by atoms with Crippen molar-refractivity contribution in [3.63, 3.8) is 0 Å². The van der Waals surface area contributed by atoms with Crippen LogP contribution in [0.15, 0.2) is 0 Å². The van der Waals surface area contributed by atoms with E-state index in [-0.39, 0.29) is 11.9 Å². The quantitative estimate of drug-likeness (QED) is 0.766. The van der Waals surface area contributed by atoms with Gasteiger partial charge < -0.3 is 10.4 Å². The molecule has 6 heteroatoms. The molecule has 3 atom stereocenters. The summed E-state index contributed by atoms with van der Waals surface area (Å²) in [7, 11) is 0. The maximum Gasteiger partial charge on any atom is 0.325 e. The molecule has 0 bridgehead atoms. The van der Waals surface area contributed by atoms with E-state index in [4.69, 9.17) is 0 Å². The molecule has 0 spiro atoms. The van der Waals surface area contributed by atoms with E-state index >= 15 is 0 Å². The van der Waals surface area contributed by atoms with Gasteiger partial charge >= 0.3 is 6.03 Å². The summed E-state index contributed by atoms with van der Waals surface area (Å²) in [5, 5.41) is 13.5. The number of rotatable bonds is 4. The predicted molar refractivity (Wildman–Crippen MR) is 91.5 cm³/mol. The van der Waals surface area contributed by atoms with Crippen molar-refractivity contribution in [3.8, 4) is 0 Å². The number of hydrogen-bond donors (Lipinski definition) is 2. The van der Waals surface area contributed by atoms with Gasteiger partial charge in [-0.1, -0.05) is 12.8 Å². The van der Waals surface area contributed by atoms with E-state index < -0.39 is 11.1 Å². The summed E-state index contributed by atoms with van der Waals surface area (Å²) in [6.07, 6.45) is 6.48. The van der Waals surface area contributed by atoms with Crippen LogP contribution in [0.3, 0.4) is 0 Å². The fourth-order valence-electron chi connectivity index (χ4n) is 4.78. The first-order chi connectivity index (χ1) is 11.2. The molecule has 2 saturated heterocycles. The van der Waals surface area contributed by atoms with E-state index in [9.17, 15) is 14.7 Å². The molecular formula is C18H31N3O3. The number of nitrogens with one attached hydrogen (secondary N) is 1. The largest absolute Gasteiger partial charge is 0.390 e. The SMILES string of the molecule is CC1(C)NC(=O)N(CCN2CCCC2C2CCCCC2(C)O)C1=O. The van der Waals surface area contributed by atoms with Crippen molar-refractivity contribution in [1.29, 1.82) is 0 Å². The van der Waals surface area contributed by atoms with Gasteiger partial charge in [-0.25, -0.2) is 4.79 Å². The van der Waals surface area contributed by atoms with Crippen LogP contribution < -0.4 is 5.32 Å². The summed E-state index contributed by atoms with van der Waals surface area (Å²) < 4.78 is 0. The summed E-state index contributed by atoms with van der Waals surface area (Å²) >= 11 is 0. The lowest BCUT2D eigenvalue weighted by Crippen LogP contribution is -2.50. The van der Waals surface area contributed by atoms with Crippen LogP contribution in [-0.2, 0) is 4.79 Å². The fourth-order valence-corrected chi connectivity index (χ4v) is 4.78. The summed E-state index contributed by atoms with van der Waals surface area (Å²) in [6, 6.07) is 0.0829. The minimum absolute atomic E-state index is 0.145. The van der Waals surface area contributed by atoms with Crippen molar-refractivity contribution >= 4 is 11.9 Å². The number of urea groups is 1. The van der Waals surface area contributed by atoms with E-state index in [1.54, 1.807) is 13.8 Å². The van der Waals surface area contributed by atoms with Gasteiger partial charge in [0.15, 0.2) is 0 Å². The highest BCUT2D eigenvalue weighted by molar-refractivity contribution is 6.06. The number of hydrogen-bond acceptors (Lipinski definition) is 4. The molecule has 1 saturated carbocycles. The zero-order valence-corrected chi connectivity index (χ0v) is 15.2. The molecule has 0 aromatic carbocycles. The van der Waals surface area contributed by atoms with Crippen LogP contribution in [0.4, 0.5) is 4.79 Å². The van der Waals surface area contributed by atoms with Gasteiger partial charge in [0.1, 0.15) is 5.54 Å². The van der Waals surface area contributed by atoms with Crippen LogP contribution in [0.25, 0.3) is 0 Å². The molecule has 0 aromatic rings. The number of amides is 3. The van der Waals surface area contributed by atoms with Gasteiger partial charge in [-0.15, -0.1) is 0 Å². The Morgan fingerprint density at radius 2 is 1.88 bits per heavy atom. The third-order valence-corrected chi connectivity index (χ3v) is 6.18. The molecule has 2 heterocycles. The minimum Gasteiger partial charge on any atom is -0.390 e. The average molecular weight is 337 g/mol. The van der Waals surface area contributed by atoms with Crippen LogP contribution in [-0.4, -0.2) is 63.7 Å². The Labute approximate surface area is 144 Å². The smallest absolute Gasteiger partial charge is 0.325 e. The van der Waals surface area contributed by atoms with Gasteiger partial charge in [-0.2, -0.15) is 0 Å². The Balaban J connectivity index is 1.63. The lowest BCUT2D eigenvalue weighted by Gasteiger charge is -2.43. The topological polar surface area (TPSA) is 72.9 Å². The molecule has 1 aliphatic carbocycles. The third-order valence-electron chi connectivity index (χ3n) is 6.18. The number of imide groups is 1. The standard InChI is InChI=1S/C18H31N3O3/c1-17(2)15(22)21(16(23)19-17)12-11-20-10-6-8-14(20)13-7-4-5-9-18(13,3)24/h13-14,24H,4-12H2,1-3H3,(H,19,23). The van der Waals surface area contributed by atoms with Crippen molar-refractivity contribution in [2.75, 3.05) is 19.6 Å². The van der Waals surface area contributed by atoms with Gasteiger partial charge in [0.2, 0.25) is 0 Å². The molecule has 3 fully saturated rings. The zero-order valence-electron chi connectivity index (χ0n) is 15.2. The van der Waals surface area contributed by atoms with Crippen molar-refractivity contribution in [2.45, 2.75) is 76.5 Å². The van der Waals surface area contributed by atoms with E-state index in [1.807, 2.05) is 6.92 Å². The van der Waals surface area contributed by atoms with Crippen LogP contribution in [0, 0.1) is 5.92 Å². The van der Waals surface area contributed by atoms with E-state index in [1.165, 1.54) is 11.3 Å². The maximum absolute atomic E-state index is 12.3. The van der Waals surface area contributed by atoms with Gasteiger partial charge in [-0.3, -0.25) is 14.6 Å². The average Bonchev–Trinajstić information content (AvgIpc) is 3.01. The second kappa shape index (κ2) is 6.30. The first kappa shape index (κ1) is 17.7. The molecule has 2 N–H and O–H groups in total. The Bertz CT molecular complexity index is 518. The Hall–Kier alpha value is -1.14. The second-order valence-electron chi connectivity index (χ2n) is 8.47. The van der Waals surface area contributed by atoms with E-state index in [0.29, 0.717) is 25.0 Å². The van der Waals surface area contributed by atoms with Crippen molar-refractivity contribution in [2.24, 2.45) is 5.92 Å². The first-order valence-corrected chi connectivity index (χ1v) is 9.33. The van der Waals surface area contributed by atoms with Crippen molar-refractivity contribution in [3.05, 3.63) is 0 Å². The fraction of sp³-hybridized carbons (Fsp3) is 0.889. The molecule has 3 amide bonds. The van der Waals surface area contributed by atoms with Crippen molar-refractivity contribution in [1.82, 2.24) is 15.1 Å². The zero-order chi connectivity index (χ0) is 17.5. The normalized spacial score (nSPS) is 37.1. The molecule has 3 rings (SSSR count).